The SMILES string of the molecule is CC1CCN(C(=O)CCSCc2nc3ccccc3c(=O)[nH]2)C(C(=O)O)C1. The molecule has 0 radical (unpaired) electrons. The predicted octanol–water partition coefficient (Wildman–Crippen LogP) is 2.26. The molecule has 2 unspecified atom stereocenters. The molecule has 1 aromatic carbocycles. The van der Waals surface area contributed by atoms with Gasteiger partial charge in [-0.25, -0.2) is 9.78 Å². The molecule has 1 amide bonds. The Morgan fingerprint density at radius 2 is 2.15 bits per heavy atom. The Kier molecular flexibility index (Phi) is 6.15. The van der Waals surface area contributed by atoms with E-state index in [-0.39, 0.29) is 17.9 Å². The van der Waals surface area contributed by atoms with Crippen LogP contribution in [0.25, 0.3) is 10.9 Å². The number of piperidine rings is 1. The maximum absolute atomic E-state index is 12.4. The van der Waals surface area contributed by atoms with Gasteiger partial charge in [0.2, 0.25) is 5.91 Å². The fourth-order valence-electron chi connectivity index (χ4n) is 3.35. The van der Waals surface area contributed by atoms with Gasteiger partial charge in [-0.3, -0.25) is 9.59 Å². The van der Waals surface area contributed by atoms with Crippen molar-refractivity contribution in [2.45, 2.75) is 38.0 Å². The van der Waals surface area contributed by atoms with E-state index in [2.05, 4.69) is 9.97 Å². The minimum atomic E-state index is -0.930. The monoisotopic (exact) mass is 389 g/mol. The predicted molar refractivity (Wildman–Crippen MR) is 105 cm³/mol. The highest BCUT2D eigenvalue weighted by molar-refractivity contribution is 7.98. The van der Waals surface area contributed by atoms with Crippen LogP contribution in [0.4, 0.5) is 0 Å². The molecule has 27 heavy (non-hydrogen) atoms. The van der Waals surface area contributed by atoms with E-state index < -0.39 is 12.0 Å². The average Bonchev–Trinajstić information content (AvgIpc) is 2.65. The lowest BCUT2D eigenvalue weighted by Crippen LogP contribution is -2.49. The number of amides is 1. The normalized spacial score (nSPS) is 20.0. The number of carboxylic acids is 1. The number of fused-ring (bicyclic) bond motifs is 1. The smallest absolute Gasteiger partial charge is 0.326 e. The third-order valence-corrected chi connectivity index (χ3v) is 5.80. The van der Waals surface area contributed by atoms with Crippen molar-refractivity contribution >= 4 is 34.5 Å². The van der Waals surface area contributed by atoms with Crippen LogP contribution in [-0.4, -0.2) is 50.2 Å². The molecule has 8 heteroatoms. The summed E-state index contributed by atoms with van der Waals surface area (Å²) in [6.07, 6.45) is 1.63. The van der Waals surface area contributed by atoms with Crippen molar-refractivity contribution in [3.05, 3.63) is 40.4 Å². The van der Waals surface area contributed by atoms with E-state index in [1.54, 1.807) is 18.2 Å². The number of aliphatic carboxylic acids is 1. The molecule has 1 saturated heterocycles. The first-order valence-electron chi connectivity index (χ1n) is 9.03. The van der Waals surface area contributed by atoms with Crippen molar-refractivity contribution in [3.63, 3.8) is 0 Å². The molecule has 1 aromatic heterocycles. The first kappa shape index (κ1) is 19.4. The third-order valence-electron chi connectivity index (χ3n) is 4.83. The molecular weight excluding hydrogens is 366 g/mol. The van der Waals surface area contributed by atoms with Crippen LogP contribution in [0, 0.1) is 5.92 Å². The van der Waals surface area contributed by atoms with Crippen molar-refractivity contribution in [3.8, 4) is 0 Å². The number of likely N-dealkylation sites (tertiary alicyclic amines) is 1. The van der Waals surface area contributed by atoms with Gasteiger partial charge in [-0.1, -0.05) is 19.1 Å². The zero-order valence-corrected chi connectivity index (χ0v) is 16.0. The van der Waals surface area contributed by atoms with E-state index in [0.717, 1.165) is 6.42 Å². The number of nitrogens with one attached hydrogen (secondary N) is 1. The van der Waals surface area contributed by atoms with Crippen LogP contribution < -0.4 is 5.56 Å². The highest BCUT2D eigenvalue weighted by Crippen LogP contribution is 2.24. The number of benzene rings is 1. The molecule has 7 nitrogen and oxygen atoms in total. The fourth-order valence-corrected chi connectivity index (χ4v) is 4.14. The number of nitrogens with zero attached hydrogens (tertiary/aromatic N) is 2. The Balaban J connectivity index is 1.53. The second kappa shape index (κ2) is 8.56. The van der Waals surface area contributed by atoms with Gasteiger partial charge in [0.1, 0.15) is 11.9 Å². The summed E-state index contributed by atoms with van der Waals surface area (Å²) >= 11 is 1.50. The summed E-state index contributed by atoms with van der Waals surface area (Å²) in [6, 6.07) is 6.44. The van der Waals surface area contributed by atoms with E-state index in [9.17, 15) is 19.5 Å². The van der Waals surface area contributed by atoms with Crippen LogP contribution in [0.2, 0.25) is 0 Å². The molecule has 144 valence electrons. The number of carbonyl (C=O) groups excluding carboxylic acids is 1. The second-order valence-electron chi connectivity index (χ2n) is 6.90. The van der Waals surface area contributed by atoms with Gasteiger partial charge in [-0.2, -0.15) is 11.8 Å². The number of aromatic amines is 1. The molecule has 0 spiro atoms. The summed E-state index contributed by atoms with van der Waals surface area (Å²) in [5, 5.41) is 9.92. The molecule has 0 aliphatic carbocycles. The molecule has 2 heterocycles. The van der Waals surface area contributed by atoms with Crippen LogP contribution in [0.1, 0.15) is 32.0 Å². The van der Waals surface area contributed by atoms with Gasteiger partial charge in [0.15, 0.2) is 0 Å². The number of H-pyrrole nitrogens is 1. The molecule has 1 fully saturated rings. The molecule has 2 aromatic rings. The van der Waals surface area contributed by atoms with Crippen LogP contribution in [-0.2, 0) is 15.3 Å². The summed E-state index contributed by atoms with van der Waals surface area (Å²) in [4.78, 5) is 44.6. The highest BCUT2D eigenvalue weighted by atomic mass is 32.2. The summed E-state index contributed by atoms with van der Waals surface area (Å²) in [7, 11) is 0. The topological polar surface area (TPSA) is 103 Å². The van der Waals surface area contributed by atoms with Gasteiger partial charge >= 0.3 is 5.97 Å². The molecule has 3 rings (SSSR count). The number of hydrogen-bond donors (Lipinski definition) is 2. The minimum absolute atomic E-state index is 0.123. The fraction of sp³-hybridized carbons (Fsp3) is 0.474. The van der Waals surface area contributed by atoms with E-state index in [1.165, 1.54) is 16.7 Å². The zero-order chi connectivity index (χ0) is 19.4. The van der Waals surface area contributed by atoms with Gasteiger partial charge in [0.25, 0.3) is 5.56 Å². The van der Waals surface area contributed by atoms with Crippen molar-refractivity contribution < 1.29 is 14.7 Å². The Hall–Kier alpha value is -2.35. The van der Waals surface area contributed by atoms with Crippen LogP contribution in [0.15, 0.2) is 29.1 Å². The number of carbonyl (C=O) groups is 2. The van der Waals surface area contributed by atoms with Gasteiger partial charge in [-0.15, -0.1) is 0 Å². The molecule has 1 aliphatic heterocycles. The molecular formula is C19H23N3O4S. The van der Waals surface area contributed by atoms with Crippen LogP contribution in [0.3, 0.4) is 0 Å². The average molecular weight is 389 g/mol. The van der Waals surface area contributed by atoms with E-state index >= 15 is 0 Å². The Bertz CT molecular complexity index is 898. The number of thioether (sulfide) groups is 1. The molecule has 2 atom stereocenters. The summed E-state index contributed by atoms with van der Waals surface area (Å²) in [5.41, 5.74) is 0.485. The largest absolute Gasteiger partial charge is 0.480 e. The number of hydrogen-bond acceptors (Lipinski definition) is 5. The summed E-state index contributed by atoms with van der Waals surface area (Å²) in [6.45, 7) is 2.52. The standard InChI is InChI=1S/C19H23N3O4S/c1-12-6-8-22(15(10-12)19(25)26)17(23)7-9-27-11-16-20-14-5-3-2-4-13(14)18(24)21-16/h2-5,12,15H,6-11H2,1H3,(H,25,26)(H,20,21,24). The first-order chi connectivity index (χ1) is 13.0. The zero-order valence-electron chi connectivity index (χ0n) is 15.2. The maximum Gasteiger partial charge on any atom is 0.326 e. The summed E-state index contributed by atoms with van der Waals surface area (Å²) < 4.78 is 0. The van der Waals surface area contributed by atoms with Gasteiger partial charge < -0.3 is 15.0 Å². The molecule has 0 bridgehead atoms. The minimum Gasteiger partial charge on any atom is -0.480 e. The van der Waals surface area contributed by atoms with Gasteiger partial charge in [0.05, 0.1) is 16.7 Å². The van der Waals surface area contributed by atoms with Gasteiger partial charge in [-0.05, 0) is 30.9 Å². The Morgan fingerprint density at radius 1 is 1.37 bits per heavy atom. The maximum atomic E-state index is 12.4. The van der Waals surface area contributed by atoms with E-state index in [4.69, 9.17) is 0 Å². The number of aromatic nitrogens is 2. The molecule has 1 aliphatic rings. The highest BCUT2D eigenvalue weighted by Gasteiger charge is 2.34. The van der Waals surface area contributed by atoms with Crippen molar-refractivity contribution in [2.24, 2.45) is 5.92 Å². The van der Waals surface area contributed by atoms with Crippen molar-refractivity contribution in [1.82, 2.24) is 14.9 Å². The number of rotatable bonds is 6. The van der Waals surface area contributed by atoms with E-state index in [0.29, 0.717) is 47.1 Å². The first-order valence-corrected chi connectivity index (χ1v) is 10.2. The van der Waals surface area contributed by atoms with Crippen molar-refractivity contribution in [1.29, 1.82) is 0 Å². The van der Waals surface area contributed by atoms with Crippen molar-refractivity contribution in [2.75, 3.05) is 12.3 Å². The van der Waals surface area contributed by atoms with E-state index in [1.807, 2.05) is 13.0 Å². The molecule has 2 N–H and O–H groups in total. The van der Waals surface area contributed by atoms with Gasteiger partial charge in [0, 0.05) is 18.7 Å². The van der Waals surface area contributed by atoms with Crippen LogP contribution in [0.5, 0.6) is 0 Å². The third kappa shape index (κ3) is 4.68. The Morgan fingerprint density at radius 3 is 2.93 bits per heavy atom. The number of para-hydroxylation sites is 1. The lowest BCUT2D eigenvalue weighted by atomic mass is 9.92. The lowest BCUT2D eigenvalue weighted by Gasteiger charge is -2.36. The second-order valence-corrected chi connectivity index (χ2v) is 8.01. The summed E-state index contributed by atoms with van der Waals surface area (Å²) in [5.74, 6) is 0.884. The quantitative estimate of drug-likeness (QED) is 0.735. The van der Waals surface area contributed by atoms with Crippen LogP contribution >= 0.6 is 11.8 Å². The number of carboxylic acid groups (broad SMARTS) is 1. The molecule has 0 saturated carbocycles. The lowest BCUT2D eigenvalue weighted by molar-refractivity contribution is -0.152. The Labute approximate surface area is 161 Å².